The lowest BCUT2D eigenvalue weighted by molar-refractivity contribution is -0.133. The molecule has 1 aliphatic heterocycles. The molecule has 0 radical (unpaired) electrons. The standard InChI is InChI=1S/C23H20N4O4S/c28-19(13-27-22(29)16-8-2-1-7-15(16)20(25-27)23(30)31)26-11-5-6-14(12-26)21-24-17-9-3-4-10-18(17)32-21/h1-4,7-10,14H,5-6,11-13H2,(H,30,31). The van der Waals surface area contributed by atoms with E-state index in [4.69, 9.17) is 4.98 Å². The molecule has 0 bridgehead atoms. The van der Waals surface area contributed by atoms with Crippen molar-refractivity contribution >= 4 is 44.2 Å². The van der Waals surface area contributed by atoms with Crippen LogP contribution in [0.3, 0.4) is 0 Å². The van der Waals surface area contributed by atoms with E-state index >= 15 is 0 Å². The molecule has 0 spiro atoms. The number of nitrogens with zero attached hydrogens (tertiary/aromatic N) is 4. The molecule has 4 aromatic rings. The van der Waals surface area contributed by atoms with Gasteiger partial charge in [0.25, 0.3) is 5.56 Å². The summed E-state index contributed by atoms with van der Waals surface area (Å²) in [5.41, 5.74) is 0.252. The average molecular weight is 449 g/mol. The molecule has 32 heavy (non-hydrogen) atoms. The lowest BCUT2D eigenvalue weighted by Gasteiger charge is -2.31. The minimum atomic E-state index is -1.24. The number of benzene rings is 2. The number of aromatic carboxylic acids is 1. The van der Waals surface area contributed by atoms with Crippen LogP contribution >= 0.6 is 11.3 Å². The highest BCUT2D eigenvalue weighted by Crippen LogP contribution is 2.33. The molecule has 0 saturated carbocycles. The average Bonchev–Trinajstić information content (AvgIpc) is 3.25. The summed E-state index contributed by atoms with van der Waals surface area (Å²) < 4.78 is 2.09. The number of amides is 1. The van der Waals surface area contributed by atoms with Crippen molar-refractivity contribution in [3.63, 3.8) is 0 Å². The summed E-state index contributed by atoms with van der Waals surface area (Å²) in [5, 5.41) is 15.0. The van der Waals surface area contributed by atoms with E-state index in [1.54, 1.807) is 40.5 Å². The molecule has 8 nitrogen and oxygen atoms in total. The van der Waals surface area contributed by atoms with E-state index in [9.17, 15) is 19.5 Å². The minimum absolute atomic E-state index is 0.140. The third-order valence-electron chi connectivity index (χ3n) is 5.79. The van der Waals surface area contributed by atoms with Crippen LogP contribution in [0.15, 0.2) is 53.3 Å². The number of carboxylic acid groups (broad SMARTS) is 1. The molecule has 2 aromatic carbocycles. The zero-order valence-electron chi connectivity index (χ0n) is 17.1. The monoisotopic (exact) mass is 448 g/mol. The number of likely N-dealkylation sites (tertiary alicyclic amines) is 1. The highest BCUT2D eigenvalue weighted by molar-refractivity contribution is 7.18. The third-order valence-corrected chi connectivity index (χ3v) is 6.99. The second kappa shape index (κ2) is 8.16. The third kappa shape index (κ3) is 3.64. The number of thiazole rings is 1. The molecule has 162 valence electrons. The van der Waals surface area contributed by atoms with Crippen molar-refractivity contribution in [1.29, 1.82) is 0 Å². The first-order valence-electron chi connectivity index (χ1n) is 10.4. The van der Waals surface area contributed by atoms with Crippen LogP contribution < -0.4 is 5.56 Å². The van der Waals surface area contributed by atoms with Crippen molar-refractivity contribution in [3.05, 3.63) is 69.6 Å². The van der Waals surface area contributed by atoms with E-state index in [2.05, 4.69) is 5.10 Å². The Balaban J connectivity index is 1.40. The van der Waals surface area contributed by atoms with Crippen molar-refractivity contribution in [2.75, 3.05) is 13.1 Å². The van der Waals surface area contributed by atoms with Crippen LogP contribution in [0, 0.1) is 0 Å². The number of hydrogen-bond acceptors (Lipinski definition) is 6. The van der Waals surface area contributed by atoms with Crippen molar-refractivity contribution in [2.24, 2.45) is 0 Å². The maximum Gasteiger partial charge on any atom is 0.357 e. The number of hydrogen-bond donors (Lipinski definition) is 1. The van der Waals surface area contributed by atoms with Crippen LogP contribution in [0.4, 0.5) is 0 Å². The molecule has 1 unspecified atom stereocenters. The minimum Gasteiger partial charge on any atom is -0.476 e. The van der Waals surface area contributed by atoms with Gasteiger partial charge in [-0.2, -0.15) is 5.10 Å². The number of piperidine rings is 1. The van der Waals surface area contributed by atoms with Gasteiger partial charge in [-0.3, -0.25) is 9.59 Å². The predicted molar refractivity (Wildman–Crippen MR) is 121 cm³/mol. The molecular weight excluding hydrogens is 428 g/mol. The number of carbonyl (C=O) groups is 2. The molecule has 1 aliphatic rings. The maximum atomic E-state index is 13.0. The van der Waals surface area contributed by atoms with Gasteiger partial charge in [0.1, 0.15) is 6.54 Å². The summed E-state index contributed by atoms with van der Waals surface area (Å²) in [4.78, 5) is 44.0. The Bertz CT molecular complexity index is 1380. The summed E-state index contributed by atoms with van der Waals surface area (Å²) in [5.74, 6) is -1.35. The Morgan fingerprint density at radius 3 is 2.62 bits per heavy atom. The Labute approximate surface area is 186 Å². The second-order valence-corrected chi connectivity index (χ2v) is 8.92. The van der Waals surface area contributed by atoms with Gasteiger partial charge >= 0.3 is 5.97 Å². The smallest absolute Gasteiger partial charge is 0.357 e. The first-order chi connectivity index (χ1) is 15.5. The molecule has 1 saturated heterocycles. The van der Waals surface area contributed by atoms with Crippen LogP contribution in [-0.2, 0) is 11.3 Å². The number of carboxylic acids is 1. The van der Waals surface area contributed by atoms with Crippen molar-refractivity contribution in [1.82, 2.24) is 19.7 Å². The van der Waals surface area contributed by atoms with Gasteiger partial charge in [0.2, 0.25) is 5.91 Å². The van der Waals surface area contributed by atoms with Crippen molar-refractivity contribution in [3.8, 4) is 0 Å². The Morgan fingerprint density at radius 1 is 1.09 bits per heavy atom. The molecule has 1 fully saturated rings. The fourth-order valence-electron chi connectivity index (χ4n) is 4.20. The Hall–Kier alpha value is -3.59. The number of fused-ring (bicyclic) bond motifs is 2. The van der Waals surface area contributed by atoms with Crippen molar-refractivity contribution in [2.45, 2.75) is 25.3 Å². The molecule has 9 heteroatoms. The van der Waals surface area contributed by atoms with Crippen LogP contribution in [0.5, 0.6) is 0 Å². The summed E-state index contributed by atoms with van der Waals surface area (Å²) in [6, 6.07) is 14.4. The van der Waals surface area contributed by atoms with Gasteiger partial charge in [0, 0.05) is 24.4 Å². The number of rotatable bonds is 4. The summed E-state index contributed by atoms with van der Waals surface area (Å²) >= 11 is 1.65. The highest BCUT2D eigenvalue weighted by Gasteiger charge is 2.28. The summed E-state index contributed by atoms with van der Waals surface area (Å²) in [6.07, 6.45) is 1.79. The van der Waals surface area contributed by atoms with E-state index < -0.39 is 11.5 Å². The second-order valence-electron chi connectivity index (χ2n) is 7.86. The molecule has 1 atom stereocenters. The summed E-state index contributed by atoms with van der Waals surface area (Å²) in [6.45, 7) is 0.817. The molecule has 1 amide bonds. The number of para-hydroxylation sites is 1. The lowest BCUT2D eigenvalue weighted by Crippen LogP contribution is -2.42. The molecule has 3 heterocycles. The van der Waals surface area contributed by atoms with Crippen LogP contribution in [-0.4, -0.2) is 49.7 Å². The Kier molecular flexibility index (Phi) is 5.18. The summed E-state index contributed by atoms with van der Waals surface area (Å²) in [7, 11) is 0. The Morgan fingerprint density at radius 2 is 1.84 bits per heavy atom. The van der Waals surface area contributed by atoms with E-state index in [1.807, 2.05) is 24.3 Å². The van der Waals surface area contributed by atoms with Crippen molar-refractivity contribution < 1.29 is 14.7 Å². The van der Waals surface area contributed by atoms with Gasteiger partial charge in [0.15, 0.2) is 5.69 Å². The van der Waals surface area contributed by atoms with Crippen LogP contribution in [0.25, 0.3) is 21.0 Å². The maximum absolute atomic E-state index is 13.0. The van der Waals surface area contributed by atoms with Crippen LogP contribution in [0.1, 0.15) is 34.3 Å². The fraction of sp³-hybridized carbons (Fsp3) is 0.261. The SMILES string of the molecule is O=C(O)c1nn(CC(=O)N2CCCC(c3nc4ccccc4s3)C2)c(=O)c2ccccc12. The molecule has 1 N–H and O–H groups in total. The first-order valence-corrected chi connectivity index (χ1v) is 11.2. The highest BCUT2D eigenvalue weighted by atomic mass is 32.1. The van der Waals surface area contributed by atoms with E-state index in [-0.39, 0.29) is 34.8 Å². The zero-order valence-corrected chi connectivity index (χ0v) is 17.9. The van der Waals surface area contributed by atoms with Gasteiger partial charge in [-0.1, -0.05) is 30.3 Å². The van der Waals surface area contributed by atoms with E-state index in [1.165, 1.54) is 0 Å². The number of carbonyl (C=O) groups excluding carboxylic acids is 1. The predicted octanol–water partition coefficient (Wildman–Crippen LogP) is 3.11. The van der Waals surface area contributed by atoms with E-state index in [0.29, 0.717) is 13.1 Å². The normalized spacial score (nSPS) is 16.5. The fourth-order valence-corrected chi connectivity index (χ4v) is 5.29. The molecular formula is C23H20N4O4S. The van der Waals surface area contributed by atoms with Crippen LogP contribution in [0.2, 0.25) is 0 Å². The van der Waals surface area contributed by atoms with Gasteiger partial charge in [-0.15, -0.1) is 11.3 Å². The quantitative estimate of drug-likeness (QED) is 0.514. The van der Waals surface area contributed by atoms with E-state index in [0.717, 1.165) is 32.7 Å². The zero-order chi connectivity index (χ0) is 22.2. The van der Waals surface area contributed by atoms with Gasteiger partial charge in [-0.25, -0.2) is 14.5 Å². The molecule has 0 aliphatic carbocycles. The van der Waals surface area contributed by atoms with Gasteiger partial charge in [-0.05, 0) is 31.0 Å². The first kappa shape index (κ1) is 20.3. The number of aromatic nitrogens is 3. The largest absolute Gasteiger partial charge is 0.476 e. The molecule has 5 rings (SSSR count). The van der Waals surface area contributed by atoms with Gasteiger partial charge < -0.3 is 10.0 Å². The topological polar surface area (TPSA) is 105 Å². The lowest BCUT2D eigenvalue weighted by atomic mass is 9.98. The van der Waals surface area contributed by atoms with Gasteiger partial charge in [0.05, 0.1) is 20.6 Å². The molecule has 2 aromatic heterocycles.